The summed E-state index contributed by atoms with van der Waals surface area (Å²) in [7, 11) is 2.96. The molecule has 0 aliphatic carbocycles. The number of aromatic nitrogens is 1. The van der Waals surface area contributed by atoms with Gasteiger partial charge in [-0.15, -0.1) is 0 Å². The standard InChI is InChI=1S/C10H13NO4/c1-4-15-10(12)7-5-8(13-2)9(14-3)11-6-7/h5-6H,4H2,1-3H3. The Labute approximate surface area is 88.0 Å². The minimum atomic E-state index is -0.425. The van der Waals surface area contributed by atoms with Crippen LogP contribution in [0.15, 0.2) is 12.3 Å². The monoisotopic (exact) mass is 211 g/mol. The molecule has 0 aromatic carbocycles. The lowest BCUT2D eigenvalue weighted by Crippen LogP contribution is -2.06. The number of nitrogens with zero attached hydrogens (tertiary/aromatic N) is 1. The number of methoxy groups -OCH3 is 2. The van der Waals surface area contributed by atoms with E-state index in [2.05, 4.69) is 4.98 Å². The minimum Gasteiger partial charge on any atom is -0.491 e. The summed E-state index contributed by atoms with van der Waals surface area (Å²) in [6, 6.07) is 1.53. The highest BCUT2D eigenvalue weighted by Crippen LogP contribution is 2.24. The molecule has 0 bridgehead atoms. The molecule has 1 rings (SSSR count). The summed E-state index contributed by atoms with van der Waals surface area (Å²) in [6.07, 6.45) is 1.39. The zero-order chi connectivity index (χ0) is 11.3. The maximum Gasteiger partial charge on any atom is 0.339 e. The van der Waals surface area contributed by atoms with E-state index in [-0.39, 0.29) is 0 Å². The molecule has 0 saturated heterocycles. The second kappa shape index (κ2) is 5.19. The van der Waals surface area contributed by atoms with Gasteiger partial charge >= 0.3 is 5.97 Å². The molecule has 0 aliphatic rings. The van der Waals surface area contributed by atoms with E-state index < -0.39 is 5.97 Å². The van der Waals surface area contributed by atoms with Crippen molar-refractivity contribution in [2.45, 2.75) is 6.92 Å². The molecule has 1 aromatic rings. The van der Waals surface area contributed by atoms with E-state index in [1.165, 1.54) is 26.5 Å². The number of esters is 1. The van der Waals surface area contributed by atoms with Gasteiger partial charge in [-0.25, -0.2) is 9.78 Å². The van der Waals surface area contributed by atoms with Crippen molar-refractivity contribution in [1.29, 1.82) is 0 Å². The molecule has 82 valence electrons. The summed E-state index contributed by atoms with van der Waals surface area (Å²) >= 11 is 0. The third kappa shape index (κ3) is 2.59. The van der Waals surface area contributed by atoms with Crippen molar-refractivity contribution in [1.82, 2.24) is 4.98 Å². The summed E-state index contributed by atoms with van der Waals surface area (Å²) in [6.45, 7) is 2.07. The van der Waals surface area contributed by atoms with Crippen LogP contribution in [0.4, 0.5) is 0 Å². The molecule has 0 unspecified atom stereocenters. The van der Waals surface area contributed by atoms with E-state index in [1.807, 2.05) is 0 Å². The molecule has 0 radical (unpaired) electrons. The third-order valence-electron chi connectivity index (χ3n) is 1.74. The lowest BCUT2D eigenvalue weighted by Gasteiger charge is -2.07. The van der Waals surface area contributed by atoms with Crippen LogP contribution in [-0.2, 0) is 4.74 Å². The zero-order valence-electron chi connectivity index (χ0n) is 8.94. The zero-order valence-corrected chi connectivity index (χ0v) is 8.94. The third-order valence-corrected chi connectivity index (χ3v) is 1.74. The highest BCUT2D eigenvalue weighted by molar-refractivity contribution is 5.89. The fourth-order valence-electron chi connectivity index (χ4n) is 1.06. The molecular formula is C10H13NO4. The number of pyridine rings is 1. The van der Waals surface area contributed by atoms with E-state index >= 15 is 0 Å². The van der Waals surface area contributed by atoms with Crippen molar-refractivity contribution in [3.63, 3.8) is 0 Å². The van der Waals surface area contributed by atoms with Gasteiger partial charge in [0.15, 0.2) is 5.75 Å². The number of carbonyl (C=O) groups is 1. The summed E-state index contributed by atoms with van der Waals surface area (Å²) in [5.41, 5.74) is 0.342. The average molecular weight is 211 g/mol. The summed E-state index contributed by atoms with van der Waals surface area (Å²) in [4.78, 5) is 15.3. The van der Waals surface area contributed by atoms with Crippen LogP contribution in [0, 0.1) is 0 Å². The van der Waals surface area contributed by atoms with Crippen LogP contribution in [-0.4, -0.2) is 31.8 Å². The Bertz CT molecular complexity index is 351. The molecular weight excluding hydrogens is 198 g/mol. The maximum absolute atomic E-state index is 11.4. The number of rotatable bonds is 4. The van der Waals surface area contributed by atoms with Crippen LogP contribution in [0.25, 0.3) is 0 Å². The summed E-state index contributed by atoms with van der Waals surface area (Å²) < 4.78 is 14.8. The molecule has 0 fully saturated rings. The smallest absolute Gasteiger partial charge is 0.339 e. The Morgan fingerprint density at radius 2 is 2.13 bits per heavy atom. The lowest BCUT2D eigenvalue weighted by atomic mass is 10.3. The molecule has 1 heterocycles. The van der Waals surface area contributed by atoms with Gasteiger partial charge in [0.2, 0.25) is 0 Å². The number of carbonyl (C=O) groups excluding carboxylic acids is 1. The van der Waals surface area contributed by atoms with Crippen molar-refractivity contribution >= 4 is 5.97 Å². The van der Waals surface area contributed by atoms with E-state index in [1.54, 1.807) is 6.92 Å². The van der Waals surface area contributed by atoms with Crippen LogP contribution >= 0.6 is 0 Å². The average Bonchev–Trinajstić information content (AvgIpc) is 2.28. The van der Waals surface area contributed by atoms with Gasteiger partial charge in [0, 0.05) is 12.3 Å². The second-order valence-electron chi connectivity index (χ2n) is 2.66. The predicted octanol–water partition coefficient (Wildman–Crippen LogP) is 1.28. The first-order valence-corrected chi connectivity index (χ1v) is 4.48. The maximum atomic E-state index is 11.4. The van der Waals surface area contributed by atoms with E-state index in [4.69, 9.17) is 14.2 Å². The van der Waals surface area contributed by atoms with Crippen molar-refractivity contribution in [3.05, 3.63) is 17.8 Å². The molecule has 15 heavy (non-hydrogen) atoms. The van der Waals surface area contributed by atoms with E-state index in [0.29, 0.717) is 23.8 Å². The van der Waals surface area contributed by atoms with Gasteiger partial charge in [0.25, 0.3) is 5.88 Å². The first-order chi connectivity index (χ1) is 7.22. The topological polar surface area (TPSA) is 57.7 Å². The Balaban J connectivity index is 2.97. The number of hydrogen-bond donors (Lipinski definition) is 0. The quantitative estimate of drug-likeness (QED) is 0.702. The van der Waals surface area contributed by atoms with Gasteiger partial charge in [-0.05, 0) is 6.92 Å². The van der Waals surface area contributed by atoms with Crippen molar-refractivity contribution < 1.29 is 19.0 Å². The van der Waals surface area contributed by atoms with Crippen LogP contribution in [0.2, 0.25) is 0 Å². The normalized spacial score (nSPS) is 9.53. The molecule has 0 atom stereocenters. The SMILES string of the molecule is CCOC(=O)c1cnc(OC)c(OC)c1. The molecule has 0 aliphatic heterocycles. The molecule has 0 N–H and O–H groups in total. The van der Waals surface area contributed by atoms with Gasteiger partial charge in [-0.1, -0.05) is 0 Å². The van der Waals surface area contributed by atoms with Gasteiger partial charge in [-0.2, -0.15) is 0 Å². The van der Waals surface area contributed by atoms with Crippen LogP contribution < -0.4 is 9.47 Å². The van der Waals surface area contributed by atoms with Gasteiger partial charge in [0.05, 0.1) is 26.4 Å². The first-order valence-electron chi connectivity index (χ1n) is 4.48. The highest BCUT2D eigenvalue weighted by Gasteiger charge is 2.12. The van der Waals surface area contributed by atoms with E-state index in [9.17, 15) is 4.79 Å². The van der Waals surface area contributed by atoms with Gasteiger partial charge in [-0.3, -0.25) is 0 Å². The van der Waals surface area contributed by atoms with Crippen molar-refractivity contribution in [3.8, 4) is 11.6 Å². The Kier molecular flexibility index (Phi) is 3.91. The first kappa shape index (κ1) is 11.3. The Hall–Kier alpha value is -1.78. The molecule has 0 saturated carbocycles. The number of hydrogen-bond acceptors (Lipinski definition) is 5. The molecule has 5 nitrogen and oxygen atoms in total. The number of ether oxygens (including phenoxy) is 3. The predicted molar refractivity (Wildman–Crippen MR) is 53.3 cm³/mol. The van der Waals surface area contributed by atoms with Crippen LogP contribution in [0.1, 0.15) is 17.3 Å². The highest BCUT2D eigenvalue weighted by atomic mass is 16.5. The van der Waals surface area contributed by atoms with E-state index in [0.717, 1.165) is 0 Å². The van der Waals surface area contributed by atoms with Crippen LogP contribution in [0.5, 0.6) is 11.6 Å². The molecule has 0 amide bonds. The van der Waals surface area contributed by atoms with Gasteiger partial charge in [0.1, 0.15) is 0 Å². The largest absolute Gasteiger partial charge is 0.491 e. The molecule has 1 aromatic heterocycles. The molecule has 0 spiro atoms. The fraction of sp³-hybridized carbons (Fsp3) is 0.400. The Morgan fingerprint density at radius 1 is 1.40 bits per heavy atom. The fourth-order valence-corrected chi connectivity index (χ4v) is 1.06. The van der Waals surface area contributed by atoms with Crippen molar-refractivity contribution in [2.75, 3.05) is 20.8 Å². The van der Waals surface area contributed by atoms with Gasteiger partial charge < -0.3 is 14.2 Å². The van der Waals surface area contributed by atoms with Crippen LogP contribution in [0.3, 0.4) is 0 Å². The minimum absolute atomic E-state index is 0.327. The summed E-state index contributed by atoms with van der Waals surface area (Å²) in [5.74, 6) is 0.319. The van der Waals surface area contributed by atoms with Crippen molar-refractivity contribution in [2.24, 2.45) is 0 Å². The Morgan fingerprint density at radius 3 is 2.67 bits per heavy atom. The summed E-state index contributed by atoms with van der Waals surface area (Å²) in [5, 5.41) is 0. The molecule has 5 heteroatoms. The lowest BCUT2D eigenvalue weighted by molar-refractivity contribution is 0.0525. The second-order valence-corrected chi connectivity index (χ2v) is 2.66.